The van der Waals surface area contributed by atoms with E-state index in [1.54, 1.807) is 11.3 Å². The van der Waals surface area contributed by atoms with E-state index in [2.05, 4.69) is 35.0 Å². The molecule has 0 radical (unpaired) electrons. The number of thiazole rings is 1. The van der Waals surface area contributed by atoms with Crippen molar-refractivity contribution in [3.8, 4) is 0 Å². The van der Waals surface area contributed by atoms with Crippen molar-refractivity contribution in [2.75, 3.05) is 38.2 Å². The molecule has 2 heterocycles. The van der Waals surface area contributed by atoms with Gasteiger partial charge in [-0.15, -0.1) is 0 Å². The molecule has 0 atom stereocenters. The zero-order valence-corrected chi connectivity index (χ0v) is 13.4. The molecule has 0 spiro atoms. The van der Waals surface area contributed by atoms with Crippen LogP contribution in [-0.4, -0.2) is 54.3 Å². The third-order valence-corrected chi connectivity index (χ3v) is 5.45. The highest BCUT2D eigenvalue weighted by Gasteiger charge is 2.23. The molecule has 114 valence electrons. The number of likely N-dealkylation sites (tertiary alicyclic amines) is 1. The van der Waals surface area contributed by atoms with Gasteiger partial charge < -0.3 is 14.9 Å². The number of aliphatic hydroxyl groups is 1. The van der Waals surface area contributed by atoms with Crippen LogP contribution in [-0.2, 0) is 0 Å². The van der Waals surface area contributed by atoms with E-state index in [-0.39, 0.29) is 0 Å². The predicted molar refractivity (Wildman–Crippen MR) is 89.2 cm³/mol. The van der Waals surface area contributed by atoms with Crippen LogP contribution in [0.4, 0.5) is 5.13 Å². The molecule has 1 aliphatic heterocycles. The van der Waals surface area contributed by atoms with Crippen molar-refractivity contribution in [3.63, 3.8) is 0 Å². The highest BCUT2D eigenvalue weighted by Crippen LogP contribution is 2.30. The first-order valence-electron chi connectivity index (χ1n) is 7.69. The van der Waals surface area contributed by atoms with Gasteiger partial charge >= 0.3 is 0 Å². The van der Waals surface area contributed by atoms with Crippen molar-refractivity contribution < 1.29 is 5.11 Å². The highest BCUT2D eigenvalue weighted by atomic mass is 32.1. The standard InChI is InChI=1S/C16H23N3OS/c1-18(13-7-10-19(11-8-13)9-4-12-20)16-17-14-5-2-3-6-15(14)21-16/h2-3,5-6,13,20H,4,7-12H2,1H3. The lowest BCUT2D eigenvalue weighted by molar-refractivity contribution is 0.187. The van der Waals surface area contributed by atoms with Crippen molar-refractivity contribution in [3.05, 3.63) is 24.3 Å². The molecule has 2 aromatic rings. The summed E-state index contributed by atoms with van der Waals surface area (Å²) in [6, 6.07) is 8.92. The Labute approximate surface area is 130 Å². The van der Waals surface area contributed by atoms with Gasteiger partial charge in [-0.05, 0) is 31.4 Å². The van der Waals surface area contributed by atoms with Crippen LogP contribution in [0.5, 0.6) is 0 Å². The highest BCUT2D eigenvalue weighted by molar-refractivity contribution is 7.22. The quantitative estimate of drug-likeness (QED) is 0.921. The van der Waals surface area contributed by atoms with E-state index >= 15 is 0 Å². The average Bonchev–Trinajstić information content (AvgIpc) is 2.96. The van der Waals surface area contributed by atoms with E-state index < -0.39 is 0 Å². The fourth-order valence-corrected chi connectivity index (χ4v) is 3.99. The molecule has 21 heavy (non-hydrogen) atoms. The molecule has 0 aliphatic carbocycles. The third-order valence-electron chi connectivity index (χ3n) is 4.32. The summed E-state index contributed by atoms with van der Waals surface area (Å²) in [6.45, 7) is 3.57. The topological polar surface area (TPSA) is 39.6 Å². The van der Waals surface area contributed by atoms with Crippen LogP contribution < -0.4 is 4.90 Å². The average molecular weight is 305 g/mol. The molecule has 1 aromatic heterocycles. The smallest absolute Gasteiger partial charge is 0.186 e. The second-order valence-electron chi connectivity index (χ2n) is 5.73. The van der Waals surface area contributed by atoms with Gasteiger partial charge in [0.25, 0.3) is 0 Å². The van der Waals surface area contributed by atoms with Crippen LogP contribution in [0.3, 0.4) is 0 Å². The van der Waals surface area contributed by atoms with Crippen molar-refractivity contribution >= 4 is 26.7 Å². The number of para-hydroxylation sites is 1. The zero-order chi connectivity index (χ0) is 14.7. The number of aliphatic hydroxyl groups excluding tert-OH is 1. The van der Waals surface area contributed by atoms with Gasteiger partial charge in [0, 0.05) is 39.3 Å². The fraction of sp³-hybridized carbons (Fsp3) is 0.562. The first-order valence-corrected chi connectivity index (χ1v) is 8.51. The SMILES string of the molecule is CN(c1nc2ccccc2s1)C1CCN(CCCO)CC1. The summed E-state index contributed by atoms with van der Waals surface area (Å²) in [5, 5.41) is 10.0. The van der Waals surface area contributed by atoms with Crippen LogP contribution in [0.25, 0.3) is 10.2 Å². The fourth-order valence-electron chi connectivity index (χ4n) is 2.99. The molecule has 0 amide bonds. The molecule has 1 N–H and O–H groups in total. The predicted octanol–water partition coefficient (Wildman–Crippen LogP) is 2.58. The maximum absolute atomic E-state index is 8.91. The van der Waals surface area contributed by atoms with Gasteiger partial charge in [0.15, 0.2) is 5.13 Å². The Hall–Kier alpha value is -1.17. The normalized spacial score (nSPS) is 17.4. The van der Waals surface area contributed by atoms with Gasteiger partial charge in [-0.2, -0.15) is 0 Å². The molecule has 1 aliphatic rings. The maximum Gasteiger partial charge on any atom is 0.186 e. The monoisotopic (exact) mass is 305 g/mol. The second-order valence-corrected chi connectivity index (χ2v) is 6.73. The molecule has 3 rings (SSSR count). The number of piperidine rings is 1. The number of nitrogens with zero attached hydrogens (tertiary/aromatic N) is 3. The van der Waals surface area contributed by atoms with Crippen LogP contribution in [0.15, 0.2) is 24.3 Å². The summed E-state index contributed by atoms with van der Waals surface area (Å²) in [5.41, 5.74) is 1.10. The lowest BCUT2D eigenvalue weighted by Gasteiger charge is -2.36. The number of aromatic nitrogens is 1. The van der Waals surface area contributed by atoms with Gasteiger partial charge in [-0.25, -0.2) is 4.98 Å². The third kappa shape index (κ3) is 3.36. The van der Waals surface area contributed by atoms with E-state index in [0.29, 0.717) is 12.6 Å². The summed E-state index contributed by atoms with van der Waals surface area (Å²) in [6.07, 6.45) is 3.24. The van der Waals surface area contributed by atoms with Gasteiger partial charge in [0.1, 0.15) is 0 Å². The van der Waals surface area contributed by atoms with Crippen LogP contribution >= 0.6 is 11.3 Å². The minimum absolute atomic E-state index is 0.297. The Kier molecular flexibility index (Phi) is 4.73. The van der Waals surface area contributed by atoms with Crippen LogP contribution in [0.2, 0.25) is 0 Å². The molecule has 0 saturated carbocycles. The Morgan fingerprint density at radius 3 is 2.81 bits per heavy atom. The van der Waals surface area contributed by atoms with E-state index in [4.69, 9.17) is 10.1 Å². The largest absolute Gasteiger partial charge is 0.396 e. The zero-order valence-electron chi connectivity index (χ0n) is 12.5. The number of hydrogen-bond acceptors (Lipinski definition) is 5. The summed E-state index contributed by atoms with van der Waals surface area (Å²) in [5.74, 6) is 0. The number of anilines is 1. The first kappa shape index (κ1) is 14.8. The Morgan fingerprint density at radius 1 is 1.33 bits per heavy atom. The number of benzene rings is 1. The van der Waals surface area contributed by atoms with Crippen molar-refractivity contribution in [2.45, 2.75) is 25.3 Å². The summed E-state index contributed by atoms with van der Waals surface area (Å²) in [7, 11) is 2.17. The number of hydrogen-bond donors (Lipinski definition) is 1. The Morgan fingerprint density at radius 2 is 2.10 bits per heavy atom. The van der Waals surface area contributed by atoms with Crippen molar-refractivity contribution in [1.82, 2.24) is 9.88 Å². The van der Waals surface area contributed by atoms with Crippen LogP contribution in [0, 0.1) is 0 Å². The number of fused-ring (bicyclic) bond motifs is 1. The molecule has 1 saturated heterocycles. The Balaban J connectivity index is 1.62. The van der Waals surface area contributed by atoms with E-state index in [9.17, 15) is 0 Å². The Bertz CT molecular complexity index is 545. The van der Waals surface area contributed by atoms with Crippen molar-refractivity contribution in [1.29, 1.82) is 0 Å². The molecule has 0 unspecified atom stereocenters. The summed E-state index contributed by atoms with van der Waals surface area (Å²) >= 11 is 1.78. The van der Waals surface area contributed by atoms with Gasteiger partial charge in [-0.3, -0.25) is 0 Å². The van der Waals surface area contributed by atoms with E-state index in [1.807, 2.05) is 6.07 Å². The lowest BCUT2D eigenvalue weighted by Crippen LogP contribution is -2.43. The van der Waals surface area contributed by atoms with Gasteiger partial charge in [-0.1, -0.05) is 23.5 Å². The van der Waals surface area contributed by atoms with E-state index in [0.717, 1.165) is 36.7 Å². The van der Waals surface area contributed by atoms with Gasteiger partial charge in [0.05, 0.1) is 10.2 Å². The minimum atomic E-state index is 0.297. The van der Waals surface area contributed by atoms with Crippen molar-refractivity contribution in [2.24, 2.45) is 0 Å². The second kappa shape index (κ2) is 6.73. The first-order chi connectivity index (χ1) is 10.3. The van der Waals surface area contributed by atoms with Crippen LogP contribution in [0.1, 0.15) is 19.3 Å². The van der Waals surface area contributed by atoms with E-state index in [1.165, 1.54) is 17.5 Å². The molecule has 5 heteroatoms. The summed E-state index contributed by atoms with van der Waals surface area (Å²) < 4.78 is 1.26. The molecular formula is C16H23N3OS. The summed E-state index contributed by atoms with van der Waals surface area (Å²) in [4.78, 5) is 9.57. The number of rotatable bonds is 5. The lowest BCUT2D eigenvalue weighted by atomic mass is 10.0. The molecule has 1 fully saturated rings. The molecular weight excluding hydrogens is 282 g/mol. The maximum atomic E-state index is 8.91. The molecule has 4 nitrogen and oxygen atoms in total. The minimum Gasteiger partial charge on any atom is -0.396 e. The molecule has 0 bridgehead atoms. The molecule has 1 aromatic carbocycles. The van der Waals surface area contributed by atoms with Gasteiger partial charge in [0.2, 0.25) is 0 Å².